The third kappa shape index (κ3) is 2.97. The van der Waals surface area contributed by atoms with Gasteiger partial charge in [0.05, 0.1) is 10.2 Å². The monoisotopic (exact) mass is 293 g/mol. The van der Waals surface area contributed by atoms with E-state index in [0.717, 1.165) is 10.3 Å². The highest BCUT2D eigenvalue weighted by Crippen LogP contribution is 2.38. The molecule has 0 spiro atoms. The molecule has 0 saturated heterocycles. The molecule has 0 aliphatic heterocycles. The fraction of sp³-hybridized carbons (Fsp3) is 0.222. The molecular weight excluding hydrogens is 285 g/mol. The minimum Gasteiger partial charge on any atom is -0.457 e. The number of ether oxygens (including phenoxy) is 1. The molecule has 0 fully saturated rings. The summed E-state index contributed by atoms with van der Waals surface area (Å²) >= 11 is 7.18. The number of hydrogen-bond donors (Lipinski definition) is 2. The molecule has 17 heavy (non-hydrogen) atoms. The van der Waals surface area contributed by atoms with Gasteiger partial charge >= 0.3 is 7.60 Å². The predicted molar refractivity (Wildman–Crippen MR) is 66.9 cm³/mol. The van der Waals surface area contributed by atoms with Crippen molar-refractivity contribution in [2.24, 2.45) is 0 Å². The predicted octanol–water partition coefficient (Wildman–Crippen LogP) is 2.77. The van der Waals surface area contributed by atoms with E-state index >= 15 is 0 Å². The van der Waals surface area contributed by atoms with Gasteiger partial charge in [-0.05, 0) is 24.6 Å². The standard InChI is InChI=1S/C9H9ClNO4PS/c1-5-6(10)2-3-7-8(5)17-9(11-7)15-4-16(12,13)14/h2-3H,4H2,1H3,(H2,12,13,14). The number of rotatable bonds is 3. The van der Waals surface area contributed by atoms with Crippen LogP contribution >= 0.6 is 30.5 Å². The van der Waals surface area contributed by atoms with Crippen molar-refractivity contribution in [3.63, 3.8) is 0 Å². The molecular formula is C9H9ClNO4PS. The third-order valence-electron chi connectivity index (χ3n) is 2.08. The number of fused-ring (bicyclic) bond motifs is 1. The van der Waals surface area contributed by atoms with Crippen molar-refractivity contribution in [2.75, 3.05) is 6.35 Å². The molecule has 1 aromatic carbocycles. The first-order chi connectivity index (χ1) is 7.87. The Bertz CT molecular complexity index is 608. The van der Waals surface area contributed by atoms with Crippen LogP contribution in [0, 0.1) is 6.92 Å². The molecule has 0 atom stereocenters. The number of aromatic nitrogens is 1. The molecule has 2 rings (SSSR count). The number of nitrogens with zero attached hydrogens (tertiary/aromatic N) is 1. The van der Waals surface area contributed by atoms with Gasteiger partial charge in [0.15, 0.2) is 6.35 Å². The zero-order chi connectivity index (χ0) is 12.6. The summed E-state index contributed by atoms with van der Waals surface area (Å²) in [6.07, 6.45) is -0.667. The summed E-state index contributed by atoms with van der Waals surface area (Å²) in [4.78, 5) is 21.5. The second kappa shape index (κ2) is 4.55. The van der Waals surface area contributed by atoms with E-state index in [0.29, 0.717) is 10.5 Å². The Morgan fingerprint density at radius 1 is 1.53 bits per heavy atom. The first kappa shape index (κ1) is 12.8. The molecule has 1 aromatic heterocycles. The van der Waals surface area contributed by atoms with Crippen LogP contribution in [0.4, 0.5) is 0 Å². The van der Waals surface area contributed by atoms with Gasteiger partial charge in [-0.2, -0.15) is 0 Å². The van der Waals surface area contributed by atoms with Crippen molar-refractivity contribution in [2.45, 2.75) is 6.92 Å². The van der Waals surface area contributed by atoms with Gasteiger partial charge < -0.3 is 14.5 Å². The molecule has 0 radical (unpaired) electrons. The average molecular weight is 294 g/mol. The van der Waals surface area contributed by atoms with Gasteiger partial charge in [-0.25, -0.2) is 4.98 Å². The Kier molecular flexibility index (Phi) is 3.43. The van der Waals surface area contributed by atoms with Gasteiger partial charge in [0.1, 0.15) is 0 Å². The smallest absolute Gasteiger partial charge is 0.362 e. The lowest BCUT2D eigenvalue weighted by Gasteiger charge is -2.02. The number of hydrogen-bond acceptors (Lipinski definition) is 4. The van der Waals surface area contributed by atoms with Crippen LogP contribution in [0.15, 0.2) is 12.1 Å². The molecule has 1 heterocycles. The van der Waals surface area contributed by atoms with Gasteiger partial charge in [-0.15, -0.1) is 0 Å². The van der Waals surface area contributed by atoms with E-state index in [-0.39, 0.29) is 5.19 Å². The highest BCUT2D eigenvalue weighted by atomic mass is 35.5. The van der Waals surface area contributed by atoms with Crippen molar-refractivity contribution in [1.82, 2.24) is 4.98 Å². The lowest BCUT2D eigenvalue weighted by molar-refractivity contribution is 0.300. The third-order valence-corrected chi connectivity index (χ3v) is 4.05. The Morgan fingerprint density at radius 3 is 2.88 bits per heavy atom. The van der Waals surface area contributed by atoms with E-state index in [4.69, 9.17) is 26.1 Å². The van der Waals surface area contributed by atoms with Gasteiger partial charge in [0.25, 0.3) is 5.19 Å². The molecule has 0 saturated carbocycles. The average Bonchev–Trinajstić information content (AvgIpc) is 2.64. The Hall–Kier alpha value is -0.650. The maximum Gasteiger partial charge on any atom is 0.362 e. The number of benzene rings is 1. The molecule has 2 N–H and O–H groups in total. The lowest BCUT2D eigenvalue weighted by Crippen LogP contribution is -1.97. The summed E-state index contributed by atoms with van der Waals surface area (Å²) in [5.74, 6) is 0. The van der Waals surface area contributed by atoms with Crippen LogP contribution in [-0.4, -0.2) is 21.1 Å². The van der Waals surface area contributed by atoms with Crippen LogP contribution in [-0.2, 0) is 4.57 Å². The molecule has 92 valence electrons. The van der Waals surface area contributed by atoms with Crippen molar-refractivity contribution < 1.29 is 19.1 Å². The summed E-state index contributed by atoms with van der Waals surface area (Å²) in [6, 6.07) is 3.47. The second-order valence-electron chi connectivity index (χ2n) is 3.44. The molecule has 0 amide bonds. The van der Waals surface area contributed by atoms with E-state index in [1.54, 1.807) is 12.1 Å². The van der Waals surface area contributed by atoms with E-state index in [1.807, 2.05) is 6.92 Å². The maximum atomic E-state index is 10.7. The van der Waals surface area contributed by atoms with Gasteiger partial charge in [0.2, 0.25) is 0 Å². The van der Waals surface area contributed by atoms with Crippen LogP contribution in [0.25, 0.3) is 10.2 Å². The Labute approximate surface area is 106 Å². The SMILES string of the molecule is Cc1c(Cl)ccc2nc(OCP(=O)(O)O)sc12. The Balaban J connectivity index is 2.32. The quantitative estimate of drug-likeness (QED) is 0.851. The normalized spacial score (nSPS) is 12.0. The minimum atomic E-state index is -4.18. The second-order valence-corrected chi connectivity index (χ2v) is 6.39. The van der Waals surface area contributed by atoms with Gasteiger partial charge in [-0.1, -0.05) is 22.9 Å². The van der Waals surface area contributed by atoms with Crippen LogP contribution in [0.2, 0.25) is 5.02 Å². The van der Waals surface area contributed by atoms with Crippen molar-refractivity contribution in [3.8, 4) is 5.19 Å². The van der Waals surface area contributed by atoms with Crippen LogP contribution < -0.4 is 4.74 Å². The fourth-order valence-corrected chi connectivity index (χ4v) is 2.79. The molecule has 0 aliphatic carbocycles. The van der Waals surface area contributed by atoms with Crippen molar-refractivity contribution in [3.05, 3.63) is 22.7 Å². The first-order valence-corrected chi connectivity index (χ1v) is 7.59. The van der Waals surface area contributed by atoms with E-state index in [2.05, 4.69) is 4.98 Å². The van der Waals surface area contributed by atoms with Crippen LogP contribution in [0.1, 0.15) is 5.56 Å². The molecule has 0 unspecified atom stereocenters. The van der Waals surface area contributed by atoms with E-state index in [1.165, 1.54) is 11.3 Å². The zero-order valence-corrected chi connectivity index (χ0v) is 11.2. The number of thiazole rings is 1. The van der Waals surface area contributed by atoms with Gasteiger partial charge in [-0.3, -0.25) is 4.57 Å². The maximum absolute atomic E-state index is 10.7. The molecule has 8 heteroatoms. The highest BCUT2D eigenvalue weighted by Gasteiger charge is 2.16. The lowest BCUT2D eigenvalue weighted by atomic mass is 10.2. The molecule has 0 aliphatic rings. The fourth-order valence-electron chi connectivity index (χ4n) is 1.28. The summed E-state index contributed by atoms with van der Waals surface area (Å²) < 4.78 is 16.5. The number of aryl methyl sites for hydroxylation is 1. The molecule has 2 aromatic rings. The van der Waals surface area contributed by atoms with Crippen LogP contribution in [0.5, 0.6) is 5.19 Å². The Morgan fingerprint density at radius 2 is 2.24 bits per heavy atom. The zero-order valence-electron chi connectivity index (χ0n) is 8.75. The summed E-state index contributed by atoms with van der Waals surface area (Å²) in [6.45, 7) is 1.86. The molecule has 0 bridgehead atoms. The van der Waals surface area contributed by atoms with E-state index in [9.17, 15) is 4.57 Å². The first-order valence-electron chi connectivity index (χ1n) is 4.60. The summed E-state index contributed by atoms with van der Waals surface area (Å²) in [5, 5.41) is 0.858. The molecule has 5 nitrogen and oxygen atoms in total. The minimum absolute atomic E-state index is 0.230. The summed E-state index contributed by atoms with van der Waals surface area (Å²) in [7, 11) is -4.18. The van der Waals surface area contributed by atoms with Crippen molar-refractivity contribution >= 4 is 40.8 Å². The number of halogens is 1. The highest BCUT2D eigenvalue weighted by molar-refractivity contribution is 7.51. The van der Waals surface area contributed by atoms with Crippen molar-refractivity contribution in [1.29, 1.82) is 0 Å². The van der Waals surface area contributed by atoms with Gasteiger partial charge in [0, 0.05) is 5.02 Å². The van der Waals surface area contributed by atoms with Crippen LogP contribution in [0.3, 0.4) is 0 Å². The van der Waals surface area contributed by atoms with E-state index < -0.39 is 13.9 Å². The largest absolute Gasteiger partial charge is 0.457 e. The topological polar surface area (TPSA) is 79.7 Å². The summed E-state index contributed by atoms with van der Waals surface area (Å²) in [5.41, 5.74) is 1.59.